The van der Waals surface area contributed by atoms with Crippen molar-refractivity contribution in [3.05, 3.63) is 0 Å². The van der Waals surface area contributed by atoms with Crippen LogP contribution in [0.5, 0.6) is 0 Å². The van der Waals surface area contributed by atoms with Gasteiger partial charge in [-0.1, -0.05) is 15.9 Å². The molecule has 52 valence electrons. The van der Waals surface area contributed by atoms with E-state index in [0.717, 1.165) is 0 Å². The number of hydrogen-bond donors (Lipinski definition) is 0. The van der Waals surface area contributed by atoms with E-state index in [1.54, 1.807) is 0 Å². The second kappa shape index (κ2) is 4.49. The number of hydrogen-bond acceptors (Lipinski definition) is 3. The average Bonchev–Trinajstić information content (AvgIpc) is 1.87. The summed E-state index contributed by atoms with van der Waals surface area (Å²) in [4.78, 5) is 19.8. The number of methoxy groups -OCH3 is 1. The SMILES string of the molecule is COC(=O)C(Br)CC=O. The molecule has 0 fully saturated rings. The predicted molar refractivity (Wildman–Crippen MR) is 35.4 cm³/mol. The Morgan fingerprint density at radius 3 is 2.78 bits per heavy atom. The van der Waals surface area contributed by atoms with Crippen molar-refractivity contribution in [1.82, 2.24) is 0 Å². The van der Waals surface area contributed by atoms with Crippen molar-refractivity contribution >= 4 is 28.2 Å². The smallest absolute Gasteiger partial charge is 0.319 e. The molecule has 0 amide bonds. The van der Waals surface area contributed by atoms with Gasteiger partial charge in [0.05, 0.1) is 7.11 Å². The van der Waals surface area contributed by atoms with Gasteiger partial charge < -0.3 is 9.53 Å². The van der Waals surface area contributed by atoms with Crippen molar-refractivity contribution in [3.63, 3.8) is 0 Å². The van der Waals surface area contributed by atoms with Crippen molar-refractivity contribution in [1.29, 1.82) is 0 Å². The van der Waals surface area contributed by atoms with Crippen LogP contribution in [0.3, 0.4) is 0 Å². The molecule has 0 rings (SSSR count). The van der Waals surface area contributed by atoms with E-state index in [4.69, 9.17) is 0 Å². The van der Waals surface area contributed by atoms with Crippen LogP contribution in [0.1, 0.15) is 6.42 Å². The van der Waals surface area contributed by atoms with Crippen molar-refractivity contribution in [3.8, 4) is 0 Å². The van der Waals surface area contributed by atoms with Crippen molar-refractivity contribution < 1.29 is 14.3 Å². The highest BCUT2D eigenvalue weighted by Gasteiger charge is 2.12. The zero-order valence-corrected chi connectivity index (χ0v) is 6.55. The van der Waals surface area contributed by atoms with E-state index in [9.17, 15) is 9.59 Å². The Hall–Kier alpha value is -0.380. The molecule has 0 saturated heterocycles. The standard InChI is InChI=1S/C5H7BrO3/c1-9-5(8)4(6)2-3-7/h3-4H,2H2,1H3. The van der Waals surface area contributed by atoms with E-state index < -0.39 is 10.8 Å². The van der Waals surface area contributed by atoms with Gasteiger partial charge in [0.2, 0.25) is 0 Å². The maximum atomic E-state index is 10.5. The Morgan fingerprint density at radius 2 is 2.44 bits per heavy atom. The number of rotatable bonds is 3. The van der Waals surface area contributed by atoms with Gasteiger partial charge in [-0.25, -0.2) is 0 Å². The molecule has 0 aliphatic heterocycles. The van der Waals surface area contributed by atoms with Gasteiger partial charge in [-0.2, -0.15) is 0 Å². The van der Waals surface area contributed by atoms with Gasteiger partial charge in [0, 0.05) is 6.42 Å². The molecule has 3 nitrogen and oxygen atoms in total. The van der Waals surface area contributed by atoms with Crippen LogP contribution in [0.2, 0.25) is 0 Å². The first-order valence-electron chi connectivity index (χ1n) is 2.38. The van der Waals surface area contributed by atoms with Gasteiger partial charge >= 0.3 is 5.97 Å². The lowest BCUT2D eigenvalue weighted by Gasteiger charge is -2.00. The van der Waals surface area contributed by atoms with Crippen LogP contribution in [0.15, 0.2) is 0 Å². The van der Waals surface area contributed by atoms with E-state index in [0.29, 0.717) is 6.29 Å². The van der Waals surface area contributed by atoms with E-state index >= 15 is 0 Å². The number of halogens is 1. The monoisotopic (exact) mass is 194 g/mol. The molecule has 0 aliphatic rings. The van der Waals surface area contributed by atoms with Crippen LogP contribution >= 0.6 is 15.9 Å². The third kappa shape index (κ3) is 3.24. The molecule has 0 heterocycles. The Labute approximate surface area is 61.5 Å². The minimum absolute atomic E-state index is 0.159. The van der Waals surface area contributed by atoms with Gasteiger partial charge in [0.25, 0.3) is 0 Å². The van der Waals surface area contributed by atoms with E-state index in [1.807, 2.05) is 0 Å². The van der Waals surface area contributed by atoms with E-state index in [-0.39, 0.29) is 6.42 Å². The van der Waals surface area contributed by atoms with Crippen molar-refractivity contribution in [2.24, 2.45) is 0 Å². The third-order valence-electron chi connectivity index (χ3n) is 0.760. The minimum Gasteiger partial charge on any atom is -0.468 e. The summed E-state index contributed by atoms with van der Waals surface area (Å²) in [6.07, 6.45) is 0.822. The second-order valence-corrected chi connectivity index (χ2v) is 2.50. The van der Waals surface area contributed by atoms with Gasteiger partial charge in [-0.3, -0.25) is 4.79 Å². The minimum atomic E-state index is -0.486. The van der Waals surface area contributed by atoms with Crippen LogP contribution in [0.4, 0.5) is 0 Å². The molecule has 0 spiro atoms. The summed E-state index contributed by atoms with van der Waals surface area (Å²) in [7, 11) is 1.28. The normalized spacial score (nSPS) is 12.2. The summed E-state index contributed by atoms with van der Waals surface area (Å²) >= 11 is 2.96. The van der Waals surface area contributed by atoms with Crippen LogP contribution in [0, 0.1) is 0 Å². The zero-order chi connectivity index (χ0) is 7.28. The van der Waals surface area contributed by atoms with Crippen LogP contribution in [-0.2, 0) is 14.3 Å². The quantitative estimate of drug-likeness (QED) is 0.374. The molecule has 1 atom stereocenters. The lowest BCUT2D eigenvalue weighted by Crippen LogP contribution is -2.15. The molecule has 0 aromatic heterocycles. The van der Waals surface area contributed by atoms with Crippen LogP contribution in [-0.4, -0.2) is 24.2 Å². The van der Waals surface area contributed by atoms with Crippen LogP contribution in [0.25, 0.3) is 0 Å². The first kappa shape index (κ1) is 8.62. The number of esters is 1. The van der Waals surface area contributed by atoms with E-state index in [2.05, 4.69) is 20.7 Å². The summed E-state index contributed by atoms with van der Waals surface area (Å²) in [6, 6.07) is 0. The molecule has 4 heteroatoms. The zero-order valence-electron chi connectivity index (χ0n) is 4.96. The van der Waals surface area contributed by atoms with Gasteiger partial charge in [0.1, 0.15) is 11.1 Å². The Morgan fingerprint density at radius 1 is 1.89 bits per heavy atom. The fraction of sp³-hybridized carbons (Fsp3) is 0.600. The highest BCUT2D eigenvalue weighted by molar-refractivity contribution is 9.10. The maximum Gasteiger partial charge on any atom is 0.319 e. The highest BCUT2D eigenvalue weighted by atomic mass is 79.9. The van der Waals surface area contributed by atoms with Crippen LogP contribution < -0.4 is 0 Å². The van der Waals surface area contributed by atoms with Gasteiger partial charge in [-0.05, 0) is 0 Å². The number of alkyl halides is 1. The molecule has 0 saturated carbocycles. The Bertz CT molecular complexity index is 113. The molecule has 0 aromatic carbocycles. The fourth-order valence-electron chi connectivity index (χ4n) is 0.309. The largest absolute Gasteiger partial charge is 0.468 e. The molecular formula is C5H7BrO3. The van der Waals surface area contributed by atoms with Crippen molar-refractivity contribution in [2.45, 2.75) is 11.2 Å². The lowest BCUT2D eigenvalue weighted by molar-refractivity contribution is -0.140. The molecule has 9 heavy (non-hydrogen) atoms. The van der Waals surface area contributed by atoms with Gasteiger partial charge in [-0.15, -0.1) is 0 Å². The maximum absolute atomic E-state index is 10.5. The molecule has 0 aliphatic carbocycles. The highest BCUT2D eigenvalue weighted by Crippen LogP contribution is 2.03. The molecular weight excluding hydrogens is 188 g/mol. The topological polar surface area (TPSA) is 43.4 Å². The van der Waals surface area contributed by atoms with E-state index in [1.165, 1.54) is 7.11 Å². The predicted octanol–water partition coefficient (Wildman–Crippen LogP) is 0.512. The number of carbonyl (C=O) groups excluding carboxylic acids is 2. The van der Waals surface area contributed by atoms with Crippen molar-refractivity contribution in [2.75, 3.05) is 7.11 Å². The summed E-state index contributed by atoms with van der Waals surface area (Å²) < 4.78 is 4.32. The molecule has 0 aromatic rings. The van der Waals surface area contributed by atoms with Gasteiger partial charge in [0.15, 0.2) is 0 Å². The lowest BCUT2D eigenvalue weighted by atomic mass is 10.3. The average molecular weight is 195 g/mol. The second-order valence-electron chi connectivity index (χ2n) is 1.39. The summed E-state index contributed by atoms with van der Waals surface area (Å²) in [5, 5.41) is 0. The fourth-order valence-corrected chi connectivity index (χ4v) is 0.648. The first-order chi connectivity index (χ1) is 4.22. The molecule has 0 N–H and O–H groups in total. The number of ether oxygens (including phenoxy) is 1. The summed E-state index contributed by atoms with van der Waals surface area (Å²) in [5.41, 5.74) is 0. The Balaban J connectivity index is 3.58. The third-order valence-corrected chi connectivity index (χ3v) is 1.51. The first-order valence-corrected chi connectivity index (χ1v) is 3.29. The summed E-state index contributed by atoms with van der Waals surface area (Å²) in [5.74, 6) is -0.415. The molecule has 0 radical (unpaired) electrons. The number of aldehydes is 1. The summed E-state index contributed by atoms with van der Waals surface area (Å²) in [6.45, 7) is 0. The Kier molecular flexibility index (Phi) is 4.30. The molecule has 0 bridgehead atoms. The number of carbonyl (C=O) groups is 2. The molecule has 1 unspecified atom stereocenters.